The zero-order valence-corrected chi connectivity index (χ0v) is 54.6. The molecule has 0 saturated carbocycles. The van der Waals surface area contributed by atoms with Gasteiger partial charge in [0.15, 0.2) is 0 Å². The summed E-state index contributed by atoms with van der Waals surface area (Å²) in [6.07, 6.45) is 32.3. The summed E-state index contributed by atoms with van der Waals surface area (Å²) in [6.45, 7) is 21.3. The minimum Gasteiger partial charge on any atom is -0.0654 e. The first-order valence-corrected chi connectivity index (χ1v) is 47.2. The number of rotatable bonds is 36. The van der Waals surface area contributed by atoms with Gasteiger partial charge in [-0.1, -0.05) is 52.4 Å². The number of nitrogens with zero attached hydrogens (tertiary/aromatic N) is 2. The van der Waals surface area contributed by atoms with Gasteiger partial charge in [-0.3, -0.25) is 0 Å². The molecular weight excluding hydrogens is 1120 g/mol. The molecule has 72 heavy (non-hydrogen) atoms. The Morgan fingerprint density at radius 2 is 0.611 bits per heavy atom. The van der Waals surface area contributed by atoms with Gasteiger partial charge in [0.25, 0.3) is 0 Å². The van der Waals surface area contributed by atoms with E-state index in [-0.39, 0.29) is 0 Å². The fourth-order valence-electron chi connectivity index (χ4n) is 12.7. The fraction of sp³-hybridized carbons (Fsp3) is 0.606. The van der Waals surface area contributed by atoms with Crippen LogP contribution in [0.3, 0.4) is 0 Å². The molecule has 0 aliphatic heterocycles. The monoisotopic (exact) mass is 1220 g/mol. The van der Waals surface area contributed by atoms with Gasteiger partial charge in [0.1, 0.15) is 0 Å². The van der Waals surface area contributed by atoms with Crippen molar-refractivity contribution in [3.63, 3.8) is 0 Å². The second-order valence-corrected chi connectivity index (χ2v) is 53.2. The van der Waals surface area contributed by atoms with Gasteiger partial charge < -0.3 is 0 Å². The Morgan fingerprint density at radius 1 is 0.306 bits per heavy atom. The number of aromatic nitrogens is 2. The molecule has 394 valence electrons. The fourth-order valence-corrected chi connectivity index (χ4v) is 53.0. The summed E-state index contributed by atoms with van der Waals surface area (Å²) in [7, 11) is 0. The summed E-state index contributed by atoms with van der Waals surface area (Å²) in [6, 6.07) is 31.0. The van der Waals surface area contributed by atoms with Gasteiger partial charge in [-0.15, -0.1) is 0 Å². The summed E-state index contributed by atoms with van der Waals surface area (Å²) in [4.78, 5) is 3.00. The molecule has 0 unspecified atom stereocenters. The van der Waals surface area contributed by atoms with Crippen LogP contribution in [0.2, 0.25) is 26.6 Å². The normalized spacial score (nSPS) is 12.6. The third-order valence-corrected chi connectivity index (χ3v) is 56.0. The van der Waals surface area contributed by atoms with Crippen molar-refractivity contribution < 1.29 is 0 Å². The average molecular weight is 1220 g/mol. The molecule has 0 saturated heterocycles. The van der Waals surface area contributed by atoms with E-state index in [4.69, 9.17) is 0 Å². The zero-order valence-electron chi connectivity index (χ0n) is 47.3. The van der Waals surface area contributed by atoms with Gasteiger partial charge >= 0.3 is 408 Å². The van der Waals surface area contributed by atoms with Crippen LogP contribution in [0.25, 0.3) is 64.5 Å². The van der Waals surface area contributed by atoms with E-state index in [0.717, 1.165) is 13.1 Å². The Kier molecular flexibility index (Phi) is 23.9. The van der Waals surface area contributed by atoms with E-state index >= 15 is 0 Å². The van der Waals surface area contributed by atoms with Crippen molar-refractivity contribution in [2.24, 2.45) is 0 Å². The van der Waals surface area contributed by atoms with Crippen molar-refractivity contribution in [2.75, 3.05) is 0 Å². The third-order valence-electron chi connectivity index (χ3n) is 17.2. The van der Waals surface area contributed by atoms with Crippen LogP contribution in [-0.2, 0) is 13.1 Å². The van der Waals surface area contributed by atoms with Crippen LogP contribution in [0.4, 0.5) is 0 Å². The maximum atomic E-state index is 2.75. The van der Waals surface area contributed by atoms with Crippen molar-refractivity contribution in [1.82, 2.24) is 9.13 Å². The molecule has 0 amide bonds. The minimum atomic E-state index is -2.54. The Bertz CT molecular complexity index is 2460. The molecule has 0 atom stereocenters. The van der Waals surface area contributed by atoms with E-state index in [1.165, 1.54) is 245 Å². The van der Waals surface area contributed by atoms with Crippen molar-refractivity contribution in [1.29, 1.82) is 0 Å². The molecule has 3 aromatic carbocycles. The molecule has 0 bridgehead atoms. The van der Waals surface area contributed by atoms with Crippen molar-refractivity contribution in [2.45, 2.75) is 249 Å². The topological polar surface area (TPSA) is 9.86 Å². The molecule has 7 rings (SSSR count). The van der Waals surface area contributed by atoms with Crippen LogP contribution in [0.15, 0.2) is 72.8 Å². The van der Waals surface area contributed by atoms with Crippen LogP contribution >= 0.6 is 22.7 Å². The van der Waals surface area contributed by atoms with Gasteiger partial charge in [-0.2, -0.15) is 0 Å². The van der Waals surface area contributed by atoms with Gasteiger partial charge in [-0.05, 0) is 0 Å². The predicted octanol–water partition coefficient (Wildman–Crippen LogP) is 22.2. The van der Waals surface area contributed by atoms with Crippen molar-refractivity contribution in [3.05, 3.63) is 72.8 Å². The number of fused-ring (bicyclic) bond motifs is 6. The first-order chi connectivity index (χ1) is 35.3. The number of unbranched alkanes of at least 4 members (excludes halogenated alkanes) is 16. The van der Waals surface area contributed by atoms with Crippen LogP contribution < -0.4 is 5.79 Å². The van der Waals surface area contributed by atoms with Crippen LogP contribution in [-0.4, -0.2) is 45.9 Å². The Hall–Kier alpha value is -1.74. The average Bonchev–Trinajstić information content (AvgIpc) is 4.23. The van der Waals surface area contributed by atoms with Gasteiger partial charge in [0, 0.05) is 0 Å². The van der Waals surface area contributed by atoms with Crippen molar-refractivity contribution >= 4 is 109 Å². The van der Waals surface area contributed by atoms with E-state index in [1.807, 2.05) is 5.79 Å². The smallest absolute Gasteiger partial charge is 0.0654 e. The molecule has 0 radical (unpaired) electrons. The molecule has 0 N–H and O–H groups in total. The number of thiophene rings is 2. The van der Waals surface area contributed by atoms with Gasteiger partial charge in [0.05, 0.1) is 0 Å². The van der Waals surface area contributed by atoms with E-state index < -0.39 is 36.8 Å². The van der Waals surface area contributed by atoms with Crippen LogP contribution in [0, 0.1) is 0 Å². The summed E-state index contributed by atoms with van der Waals surface area (Å²) in [5.41, 5.74) is 8.59. The zero-order chi connectivity index (χ0) is 50.8. The third kappa shape index (κ3) is 14.0. The Labute approximate surface area is 456 Å². The molecule has 0 fully saturated rings. The van der Waals surface area contributed by atoms with Crippen molar-refractivity contribution in [3.8, 4) is 20.9 Å². The molecular formula is C66H100N2S2Sn2. The Balaban J connectivity index is 1.37. The van der Waals surface area contributed by atoms with Gasteiger partial charge in [-0.25, -0.2) is 0 Å². The van der Waals surface area contributed by atoms with Gasteiger partial charge in [0.2, 0.25) is 0 Å². The molecule has 6 heteroatoms. The van der Waals surface area contributed by atoms with E-state index in [0.29, 0.717) is 0 Å². The molecule has 0 aliphatic carbocycles. The first kappa shape index (κ1) is 58.0. The summed E-state index contributed by atoms with van der Waals surface area (Å²) in [5, 5.41) is 5.81. The minimum absolute atomic E-state index is 1.09. The summed E-state index contributed by atoms with van der Waals surface area (Å²) in [5.74, 6) is 0. The number of hydrogen-bond donors (Lipinski definition) is 0. The standard InChI is InChI=1S/C42H46N2S2.6C4H9.2Sn/c1-3-5-7-9-11-13-23-43-37-21-19-31(41-17-15-25-45-41)27-33(37)35-30-40-36(29-39(35)43)34-28-32(42-18-16-26-46-42)20-22-38(34)44(40)24-14-12-10-8-6-4-2;6*1-3-4-2;;/h15-22,27-30H,3-14,23-24H2,1-2H3;6*1,3-4H2,2H3;;. The predicted molar refractivity (Wildman–Crippen MR) is 335 cm³/mol. The maximum absolute atomic E-state index is 2.75. The number of hydrogen-bond acceptors (Lipinski definition) is 2. The Morgan fingerprint density at radius 3 is 0.944 bits per heavy atom. The molecule has 7 aromatic rings. The van der Waals surface area contributed by atoms with E-state index in [9.17, 15) is 0 Å². The molecule has 0 aliphatic rings. The SMILES string of the molecule is CCCCCCCCn1c2ccc(-c3cc[c]([Sn]([CH2]CCC)([CH2]CCC)[CH2]CCC)s3)cc2c2cc3c(cc21)c1cc(-c2cc[c]([Sn]([CH2]CCC)([CH2]CCC)[CH2]CCC)s2)ccc1n3CCCCCCCC. The molecule has 2 nitrogen and oxygen atoms in total. The van der Waals surface area contributed by atoms with Crippen LogP contribution in [0.5, 0.6) is 0 Å². The quantitative estimate of drug-likeness (QED) is 0.0274. The van der Waals surface area contributed by atoms with E-state index in [2.05, 4.69) is 160 Å². The second kappa shape index (κ2) is 29.7. The summed E-state index contributed by atoms with van der Waals surface area (Å²) < 4.78 is 18.4. The van der Waals surface area contributed by atoms with Crippen LogP contribution in [0.1, 0.15) is 209 Å². The number of aryl methyl sites for hydroxylation is 2. The molecule has 4 heterocycles. The number of benzene rings is 3. The summed E-state index contributed by atoms with van der Waals surface area (Å²) >= 11 is -0.664. The molecule has 4 aromatic heterocycles. The van der Waals surface area contributed by atoms with E-state index in [1.54, 1.807) is 0 Å². The second-order valence-electron chi connectivity index (χ2n) is 22.7. The molecule has 0 spiro atoms. The first-order valence-electron chi connectivity index (χ1n) is 30.6.